The number of carboxylic acids is 2. The number of hydrogen-bond acceptors (Lipinski definition) is 4. The van der Waals surface area contributed by atoms with Gasteiger partial charge in [0.05, 0.1) is 6.42 Å². The van der Waals surface area contributed by atoms with Crippen molar-refractivity contribution in [2.75, 3.05) is 0 Å². The first-order valence-electron chi connectivity index (χ1n) is 5.20. The zero-order valence-corrected chi connectivity index (χ0v) is 9.84. The molecule has 0 saturated heterocycles. The maximum Gasteiger partial charge on any atom is 0.356 e. The molecule has 7 heteroatoms. The first kappa shape index (κ1) is 12.0. The molecule has 0 unspecified atom stereocenters. The van der Waals surface area contributed by atoms with Crippen LogP contribution in [-0.4, -0.2) is 36.5 Å². The van der Waals surface area contributed by atoms with E-state index in [4.69, 9.17) is 10.2 Å². The first-order chi connectivity index (χ1) is 8.40. The third kappa shape index (κ3) is 1.90. The van der Waals surface area contributed by atoms with E-state index in [2.05, 4.69) is 9.97 Å². The average molecular weight is 249 g/mol. The van der Waals surface area contributed by atoms with Crippen LogP contribution in [0.2, 0.25) is 0 Å². The molecule has 0 radical (unpaired) electrons. The number of aryl methyl sites for hydroxylation is 2. The Morgan fingerprint density at radius 2 is 1.94 bits per heavy atom. The predicted molar refractivity (Wildman–Crippen MR) is 60.8 cm³/mol. The van der Waals surface area contributed by atoms with Crippen molar-refractivity contribution < 1.29 is 19.8 Å². The van der Waals surface area contributed by atoms with Gasteiger partial charge < -0.3 is 10.2 Å². The highest BCUT2D eigenvalue weighted by Crippen LogP contribution is 2.16. The summed E-state index contributed by atoms with van der Waals surface area (Å²) < 4.78 is 1.49. The Kier molecular flexibility index (Phi) is 2.74. The summed E-state index contributed by atoms with van der Waals surface area (Å²) in [6.07, 6.45) is 1.19. The van der Waals surface area contributed by atoms with Crippen molar-refractivity contribution in [1.29, 1.82) is 0 Å². The quantitative estimate of drug-likeness (QED) is 0.828. The number of carboxylic acid groups (broad SMARTS) is 2. The van der Waals surface area contributed by atoms with E-state index in [1.165, 1.54) is 10.6 Å². The van der Waals surface area contributed by atoms with Crippen molar-refractivity contribution in [1.82, 2.24) is 14.4 Å². The van der Waals surface area contributed by atoms with Gasteiger partial charge in [0.25, 0.3) is 0 Å². The van der Waals surface area contributed by atoms with Crippen molar-refractivity contribution in [2.45, 2.75) is 20.3 Å². The van der Waals surface area contributed by atoms with Gasteiger partial charge in [-0.1, -0.05) is 0 Å². The fraction of sp³-hybridized carbons (Fsp3) is 0.273. The maximum absolute atomic E-state index is 10.8. The average Bonchev–Trinajstić information content (AvgIpc) is 2.68. The molecule has 2 aromatic rings. The second-order valence-electron chi connectivity index (χ2n) is 3.93. The summed E-state index contributed by atoms with van der Waals surface area (Å²) in [4.78, 5) is 29.6. The minimum atomic E-state index is -1.14. The van der Waals surface area contributed by atoms with E-state index < -0.39 is 11.9 Å². The number of rotatable bonds is 3. The highest BCUT2D eigenvalue weighted by molar-refractivity contribution is 5.86. The van der Waals surface area contributed by atoms with Gasteiger partial charge in [-0.2, -0.15) is 0 Å². The van der Waals surface area contributed by atoms with Gasteiger partial charge >= 0.3 is 11.9 Å². The molecule has 0 spiro atoms. The number of nitrogens with zero attached hydrogens (tertiary/aromatic N) is 3. The van der Waals surface area contributed by atoms with Gasteiger partial charge in [0.15, 0.2) is 5.69 Å². The third-order valence-corrected chi connectivity index (χ3v) is 2.74. The van der Waals surface area contributed by atoms with Crippen LogP contribution in [0, 0.1) is 13.8 Å². The van der Waals surface area contributed by atoms with Crippen LogP contribution in [0.4, 0.5) is 0 Å². The monoisotopic (exact) mass is 249 g/mol. The fourth-order valence-electron chi connectivity index (χ4n) is 1.83. The van der Waals surface area contributed by atoms with Crippen molar-refractivity contribution in [3.8, 4) is 0 Å². The minimum Gasteiger partial charge on any atom is -0.481 e. The number of carbonyl (C=O) groups is 2. The van der Waals surface area contributed by atoms with Crippen LogP contribution in [0.3, 0.4) is 0 Å². The van der Waals surface area contributed by atoms with Crippen molar-refractivity contribution in [3.05, 3.63) is 28.8 Å². The summed E-state index contributed by atoms with van der Waals surface area (Å²) in [5.74, 6) is -1.84. The molecule has 0 saturated carbocycles. The van der Waals surface area contributed by atoms with Gasteiger partial charge in [-0.3, -0.25) is 9.20 Å². The smallest absolute Gasteiger partial charge is 0.356 e. The van der Waals surface area contributed by atoms with E-state index >= 15 is 0 Å². The van der Waals surface area contributed by atoms with Gasteiger partial charge in [0.1, 0.15) is 0 Å². The molecule has 2 rings (SSSR count). The largest absolute Gasteiger partial charge is 0.481 e. The van der Waals surface area contributed by atoms with E-state index in [-0.39, 0.29) is 17.9 Å². The van der Waals surface area contributed by atoms with Crippen LogP contribution in [-0.2, 0) is 11.2 Å². The van der Waals surface area contributed by atoms with Gasteiger partial charge in [0.2, 0.25) is 5.78 Å². The molecular weight excluding hydrogens is 238 g/mol. The molecule has 2 heterocycles. The normalized spacial score (nSPS) is 10.8. The van der Waals surface area contributed by atoms with E-state index in [0.29, 0.717) is 17.0 Å². The van der Waals surface area contributed by atoms with Crippen LogP contribution >= 0.6 is 0 Å². The lowest BCUT2D eigenvalue weighted by Crippen LogP contribution is -2.09. The van der Waals surface area contributed by atoms with Crippen LogP contribution in [0.1, 0.15) is 27.4 Å². The van der Waals surface area contributed by atoms with Crippen molar-refractivity contribution in [3.63, 3.8) is 0 Å². The summed E-state index contributed by atoms with van der Waals surface area (Å²) in [5.41, 5.74) is 1.65. The van der Waals surface area contributed by atoms with Crippen LogP contribution < -0.4 is 0 Å². The lowest BCUT2D eigenvalue weighted by Gasteiger charge is -2.08. The number of fused-ring (bicyclic) bond motifs is 1. The summed E-state index contributed by atoms with van der Waals surface area (Å²) >= 11 is 0. The molecule has 2 aromatic heterocycles. The van der Waals surface area contributed by atoms with Gasteiger partial charge in [0, 0.05) is 23.1 Å². The second-order valence-corrected chi connectivity index (χ2v) is 3.93. The molecule has 2 N–H and O–H groups in total. The molecule has 0 aromatic carbocycles. The Morgan fingerprint density at radius 3 is 2.50 bits per heavy atom. The molecule has 0 aliphatic carbocycles. The molecule has 0 fully saturated rings. The zero-order valence-electron chi connectivity index (χ0n) is 9.84. The standard InChI is InChI=1S/C11H11N3O4/c1-5-7(3-9(15)16)6(2)14-4-8(10(17)18)13-11(14)12-5/h4H,3H2,1-2H3,(H,15,16)(H,17,18). The predicted octanol–water partition coefficient (Wildman–Crippen LogP) is 0.671. The SMILES string of the molecule is Cc1nc2nc(C(=O)O)cn2c(C)c1CC(=O)O. The molecule has 0 atom stereocenters. The van der Waals surface area contributed by atoms with Gasteiger partial charge in [-0.05, 0) is 13.8 Å². The van der Waals surface area contributed by atoms with Crippen molar-refractivity contribution >= 4 is 17.7 Å². The first-order valence-corrected chi connectivity index (χ1v) is 5.20. The Balaban J connectivity index is 2.68. The Hall–Kier alpha value is -2.44. The molecule has 0 aliphatic heterocycles. The van der Waals surface area contributed by atoms with E-state index in [1.54, 1.807) is 13.8 Å². The Bertz CT molecular complexity index is 660. The van der Waals surface area contributed by atoms with Crippen LogP contribution in [0.15, 0.2) is 6.20 Å². The Labute approximate surface area is 102 Å². The zero-order chi connectivity index (χ0) is 13.4. The molecule has 94 valence electrons. The highest BCUT2D eigenvalue weighted by atomic mass is 16.4. The number of aromatic carboxylic acids is 1. The minimum absolute atomic E-state index is 0.113. The maximum atomic E-state index is 10.8. The Morgan fingerprint density at radius 1 is 1.28 bits per heavy atom. The van der Waals surface area contributed by atoms with Crippen LogP contribution in [0.5, 0.6) is 0 Å². The number of aromatic nitrogens is 3. The summed E-state index contributed by atoms with van der Waals surface area (Å²) in [5, 5.41) is 17.7. The fourth-order valence-corrected chi connectivity index (χ4v) is 1.83. The molecule has 0 bridgehead atoms. The lowest BCUT2D eigenvalue weighted by atomic mass is 10.1. The summed E-state index contributed by atoms with van der Waals surface area (Å²) in [6.45, 7) is 3.40. The summed E-state index contributed by atoms with van der Waals surface area (Å²) in [7, 11) is 0. The molecule has 18 heavy (non-hydrogen) atoms. The topological polar surface area (TPSA) is 105 Å². The van der Waals surface area contributed by atoms with E-state index in [0.717, 1.165) is 0 Å². The second kappa shape index (κ2) is 4.10. The lowest BCUT2D eigenvalue weighted by molar-refractivity contribution is -0.136. The van der Waals surface area contributed by atoms with E-state index in [1.807, 2.05) is 0 Å². The van der Waals surface area contributed by atoms with E-state index in [9.17, 15) is 9.59 Å². The molecule has 7 nitrogen and oxygen atoms in total. The summed E-state index contributed by atoms with van der Waals surface area (Å²) in [6, 6.07) is 0. The van der Waals surface area contributed by atoms with Crippen LogP contribution in [0.25, 0.3) is 5.78 Å². The van der Waals surface area contributed by atoms with Gasteiger partial charge in [-0.25, -0.2) is 14.8 Å². The number of imidazole rings is 1. The molecule has 0 amide bonds. The third-order valence-electron chi connectivity index (χ3n) is 2.74. The number of hydrogen-bond donors (Lipinski definition) is 2. The molecular formula is C11H11N3O4. The van der Waals surface area contributed by atoms with Gasteiger partial charge in [-0.15, -0.1) is 0 Å². The number of aliphatic carboxylic acids is 1. The van der Waals surface area contributed by atoms with Crippen molar-refractivity contribution in [2.24, 2.45) is 0 Å². The highest BCUT2D eigenvalue weighted by Gasteiger charge is 2.16. The molecule has 0 aliphatic rings.